The number of rotatable bonds is 2. The van der Waals surface area contributed by atoms with Gasteiger partial charge in [0.25, 0.3) is 0 Å². The van der Waals surface area contributed by atoms with E-state index >= 15 is 0 Å². The Morgan fingerprint density at radius 1 is 1.14 bits per heavy atom. The zero-order valence-corrected chi connectivity index (χ0v) is 12.8. The molecule has 2 aromatic rings. The molecular weight excluding hydrogens is 276 g/mol. The first-order valence-electron chi connectivity index (χ1n) is 7.31. The van der Waals surface area contributed by atoms with Crippen LogP contribution in [0.15, 0.2) is 48.0 Å². The molecule has 1 aliphatic heterocycles. The van der Waals surface area contributed by atoms with Gasteiger partial charge in [0.2, 0.25) is 0 Å². The summed E-state index contributed by atoms with van der Waals surface area (Å²) in [5.74, 6) is 1.57. The van der Waals surface area contributed by atoms with Gasteiger partial charge in [0, 0.05) is 12.0 Å². The third kappa shape index (κ3) is 2.75. The van der Waals surface area contributed by atoms with Crippen molar-refractivity contribution in [3.05, 3.63) is 64.7 Å². The minimum atomic E-state index is 0.0482. The summed E-state index contributed by atoms with van der Waals surface area (Å²) in [6.07, 6.45) is 2.54. The normalized spacial score (nSPS) is 15.9. The van der Waals surface area contributed by atoms with Crippen LogP contribution in [0.1, 0.15) is 27.9 Å². The zero-order chi connectivity index (χ0) is 15.5. The van der Waals surface area contributed by atoms with E-state index in [1.165, 1.54) is 0 Å². The van der Waals surface area contributed by atoms with Crippen LogP contribution in [0, 0.1) is 6.92 Å². The number of aryl methyl sites for hydroxylation is 1. The van der Waals surface area contributed by atoms with Crippen molar-refractivity contribution in [2.75, 3.05) is 13.7 Å². The minimum absolute atomic E-state index is 0.0482. The summed E-state index contributed by atoms with van der Waals surface area (Å²) in [5.41, 5.74) is 3.41. The summed E-state index contributed by atoms with van der Waals surface area (Å²) in [7, 11) is 1.64. The number of fused-ring (bicyclic) bond motifs is 1. The molecule has 3 nitrogen and oxygen atoms in total. The maximum atomic E-state index is 12.7. The fourth-order valence-corrected chi connectivity index (χ4v) is 2.61. The van der Waals surface area contributed by atoms with Crippen LogP contribution in [-0.2, 0) is 0 Å². The van der Waals surface area contributed by atoms with E-state index in [1.807, 2.05) is 55.5 Å². The number of carbonyl (C=O) groups is 1. The van der Waals surface area contributed by atoms with Crippen LogP contribution in [0.25, 0.3) is 6.08 Å². The standard InChI is InChI=1S/C19H18O3/c1-13-4-3-5-17-18(20)15(10-11-22-19(13)17)12-14-6-8-16(21-2)9-7-14/h3-9,12H,10-11H2,1-2H3/b15-12+. The topological polar surface area (TPSA) is 35.5 Å². The molecule has 3 rings (SSSR count). The highest BCUT2D eigenvalue weighted by Gasteiger charge is 2.22. The average molecular weight is 294 g/mol. The van der Waals surface area contributed by atoms with Gasteiger partial charge < -0.3 is 9.47 Å². The third-order valence-electron chi connectivity index (χ3n) is 3.82. The van der Waals surface area contributed by atoms with E-state index in [0.717, 1.165) is 22.4 Å². The van der Waals surface area contributed by atoms with Crippen LogP contribution in [0.5, 0.6) is 11.5 Å². The number of benzene rings is 2. The number of carbonyl (C=O) groups excluding carboxylic acids is 1. The smallest absolute Gasteiger partial charge is 0.192 e. The van der Waals surface area contributed by atoms with Gasteiger partial charge in [0.05, 0.1) is 19.3 Å². The Kier molecular flexibility index (Phi) is 3.96. The van der Waals surface area contributed by atoms with Crippen molar-refractivity contribution in [1.82, 2.24) is 0 Å². The monoisotopic (exact) mass is 294 g/mol. The molecule has 112 valence electrons. The van der Waals surface area contributed by atoms with Crippen LogP contribution >= 0.6 is 0 Å². The van der Waals surface area contributed by atoms with Crippen LogP contribution in [0.2, 0.25) is 0 Å². The second kappa shape index (κ2) is 6.06. The Morgan fingerprint density at radius 2 is 1.91 bits per heavy atom. The predicted octanol–water partition coefficient (Wildman–Crippen LogP) is 4.05. The Hall–Kier alpha value is -2.55. The Morgan fingerprint density at radius 3 is 2.64 bits per heavy atom. The van der Waals surface area contributed by atoms with E-state index in [2.05, 4.69) is 0 Å². The summed E-state index contributed by atoms with van der Waals surface area (Å²) in [4.78, 5) is 12.7. The number of Topliss-reactive ketones (excluding diaryl/α,β-unsaturated/α-hetero) is 1. The molecule has 0 N–H and O–H groups in total. The SMILES string of the molecule is COc1ccc(/C=C2\CCOc3c(C)cccc3C2=O)cc1. The van der Waals surface area contributed by atoms with Crippen molar-refractivity contribution >= 4 is 11.9 Å². The zero-order valence-electron chi connectivity index (χ0n) is 12.8. The highest BCUT2D eigenvalue weighted by Crippen LogP contribution is 2.30. The molecule has 0 spiro atoms. The lowest BCUT2D eigenvalue weighted by molar-refractivity contribution is 0.103. The molecule has 0 saturated carbocycles. The van der Waals surface area contributed by atoms with Gasteiger partial charge in [0.15, 0.2) is 5.78 Å². The average Bonchev–Trinajstić information content (AvgIpc) is 2.70. The molecule has 1 heterocycles. The molecule has 0 aliphatic carbocycles. The highest BCUT2D eigenvalue weighted by molar-refractivity contribution is 6.13. The highest BCUT2D eigenvalue weighted by atomic mass is 16.5. The summed E-state index contributed by atoms with van der Waals surface area (Å²) >= 11 is 0. The number of hydrogen-bond donors (Lipinski definition) is 0. The lowest BCUT2D eigenvalue weighted by Crippen LogP contribution is -2.02. The summed E-state index contributed by atoms with van der Waals surface area (Å²) in [5, 5.41) is 0. The van der Waals surface area contributed by atoms with Crippen LogP contribution in [0.4, 0.5) is 0 Å². The first kappa shape index (κ1) is 14.4. The van der Waals surface area contributed by atoms with Gasteiger partial charge in [-0.2, -0.15) is 0 Å². The van der Waals surface area contributed by atoms with Crippen molar-refractivity contribution in [3.63, 3.8) is 0 Å². The first-order valence-corrected chi connectivity index (χ1v) is 7.31. The quantitative estimate of drug-likeness (QED) is 0.784. The van der Waals surface area contributed by atoms with Gasteiger partial charge >= 0.3 is 0 Å². The van der Waals surface area contributed by atoms with Crippen LogP contribution < -0.4 is 9.47 Å². The lowest BCUT2D eigenvalue weighted by Gasteiger charge is -2.08. The molecule has 3 heteroatoms. The molecular formula is C19H18O3. The molecule has 0 aromatic heterocycles. The summed E-state index contributed by atoms with van der Waals surface area (Å²) in [6, 6.07) is 13.4. The Labute approximate surface area is 130 Å². The Bertz CT molecular complexity index is 727. The molecule has 0 unspecified atom stereocenters. The number of methoxy groups -OCH3 is 1. The van der Waals surface area contributed by atoms with Gasteiger partial charge in [-0.15, -0.1) is 0 Å². The fourth-order valence-electron chi connectivity index (χ4n) is 2.61. The maximum Gasteiger partial charge on any atom is 0.192 e. The van der Waals surface area contributed by atoms with Gasteiger partial charge in [-0.1, -0.05) is 24.3 Å². The number of para-hydroxylation sites is 1. The molecule has 0 fully saturated rings. The molecule has 0 atom stereocenters. The minimum Gasteiger partial charge on any atom is -0.497 e. The Balaban J connectivity index is 1.97. The molecule has 0 amide bonds. The lowest BCUT2D eigenvalue weighted by atomic mass is 9.98. The van der Waals surface area contributed by atoms with Crippen molar-refractivity contribution in [3.8, 4) is 11.5 Å². The first-order chi connectivity index (χ1) is 10.7. The van der Waals surface area contributed by atoms with Crippen molar-refractivity contribution in [2.45, 2.75) is 13.3 Å². The van der Waals surface area contributed by atoms with E-state index in [1.54, 1.807) is 7.11 Å². The largest absolute Gasteiger partial charge is 0.497 e. The molecule has 0 bridgehead atoms. The molecule has 0 radical (unpaired) electrons. The molecule has 0 saturated heterocycles. The van der Waals surface area contributed by atoms with E-state index in [-0.39, 0.29) is 5.78 Å². The summed E-state index contributed by atoms with van der Waals surface area (Å²) in [6.45, 7) is 2.48. The van der Waals surface area contributed by atoms with E-state index in [4.69, 9.17) is 9.47 Å². The van der Waals surface area contributed by atoms with Crippen LogP contribution in [0.3, 0.4) is 0 Å². The van der Waals surface area contributed by atoms with Crippen molar-refractivity contribution in [2.24, 2.45) is 0 Å². The molecule has 1 aliphatic rings. The fraction of sp³-hybridized carbons (Fsp3) is 0.211. The number of hydrogen-bond acceptors (Lipinski definition) is 3. The second-order valence-corrected chi connectivity index (χ2v) is 5.32. The summed E-state index contributed by atoms with van der Waals surface area (Å²) < 4.78 is 10.9. The van der Waals surface area contributed by atoms with E-state index in [9.17, 15) is 4.79 Å². The van der Waals surface area contributed by atoms with E-state index in [0.29, 0.717) is 24.3 Å². The third-order valence-corrected chi connectivity index (χ3v) is 3.82. The van der Waals surface area contributed by atoms with Crippen molar-refractivity contribution < 1.29 is 14.3 Å². The molecule has 22 heavy (non-hydrogen) atoms. The number of ketones is 1. The maximum absolute atomic E-state index is 12.7. The predicted molar refractivity (Wildman–Crippen MR) is 86.6 cm³/mol. The van der Waals surface area contributed by atoms with Crippen molar-refractivity contribution in [1.29, 1.82) is 0 Å². The van der Waals surface area contributed by atoms with Crippen LogP contribution in [-0.4, -0.2) is 19.5 Å². The van der Waals surface area contributed by atoms with Gasteiger partial charge in [-0.25, -0.2) is 0 Å². The van der Waals surface area contributed by atoms with Gasteiger partial charge in [-0.05, 0) is 42.3 Å². The molecule has 2 aromatic carbocycles. The second-order valence-electron chi connectivity index (χ2n) is 5.32. The van der Waals surface area contributed by atoms with Gasteiger partial charge in [-0.3, -0.25) is 4.79 Å². The van der Waals surface area contributed by atoms with E-state index < -0.39 is 0 Å². The van der Waals surface area contributed by atoms with Gasteiger partial charge in [0.1, 0.15) is 11.5 Å². The number of ether oxygens (including phenoxy) is 2.